The average molecular weight is 282 g/mol. The van der Waals surface area contributed by atoms with Crippen molar-refractivity contribution in [2.24, 2.45) is 0 Å². The van der Waals surface area contributed by atoms with Gasteiger partial charge in [-0.1, -0.05) is 18.9 Å². The molecule has 1 aliphatic carbocycles. The molecular formula is C17H22N4. The van der Waals surface area contributed by atoms with Crippen LogP contribution in [0.2, 0.25) is 0 Å². The lowest BCUT2D eigenvalue weighted by Crippen LogP contribution is -2.07. The van der Waals surface area contributed by atoms with Gasteiger partial charge in [-0.3, -0.25) is 4.98 Å². The van der Waals surface area contributed by atoms with Crippen LogP contribution in [-0.2, 0) is 0 Å². The lowest BCUT2D eigenvalue weighted by atomic mass is 10.0. The van der Waals surface area contributed by atoms with Gasteiger partial charge in [0.25, 0.3) is 0 Å². The summed E-state index contributed by atoms with van der Waals surface area (Å²) in [7, 11) is 0. The molecule has 2 aromatic heterocycles. The maximum Gasteiger partial charge on any atom is 0.180 e. The van der Waals surface area contributed by atoms with Crippen LogP contribution in [0.3, 0.4) is 0 Å². The number of aromatic nitrogens is 3. The summed E-state index contributed by atoms with van der Waals surface area (Å²) < 4.78 is 0. The van der Waals surface area contributed by atoms with Crippen molar-refractivity contribution < 1.29 is 0 Å². The topological polar surface area (TPSA) is 50.7 Å². The molecule has 0 saturated heterocycles. The van der Waals surface area contributed by atoms with Gasteiger partial charge in [-0.15, -0.1) is 0 Å². The van der Waals surface area contributed by atoms with Gasteiger partial charge in [0.1, 0.15) is 11.5 Å². The predicted octanol–water partition coefficient (Wildman–Crippen LogP) is 3.94. The van der Waals surface area contributed by atoms with E-state index in [0.717, 1.165) is 29.4 Å². The van der Waals surface area contributed by atoms with E-state index < -0.39 is 0 Å². The van der Waals surface area contributed by atoms with Crippen molar-refractivity contribution in [2.45, 2.75) is 45.4 Å². The van der Waals surface area contributed by atoms with Crippen molar-refractivity contribution in [3.63, 3.8) is 0 Å². The molecule has 0 unspecified atom stereocenters. The Labute approximate surface area is 126 Å². The smallest absolute Gasteiger partial charge is 0.180 e. The van der Waals surface area contributed by atoms with Crippen molar-refractivity contribution in [3.8, 4) is 11.5 Å². The molecule has 0 aromatic carbocycles. The van der Waals surface area contributed by atoms with Crippen molar-refractivity contribution in [1.29, 1.82) is 0 Å². The molecule has 3 rings (SSSR count). The SMILES string of the molecule is CCNc1cc(C2CCCC2)nc(-c2ncccc2C)n1. The zero-order chi connectivity index (χ0) is 14.7. The minimum atomic E-state index is 0.577. The summed E-state index contributed by atoms with van der Waals surface area (Å²) in [5.41, 5.74) is 3.17. The summed E-state index contributed by atoms with van der Waals surface area (Å²) in [5.74, 6) is 2.23. The minimum absolute atomic E-state index is 0.577. The number of anilines is 1. The minimum Gasteiger partial charge on any atom is -0.370 e. The van der Waals surface area contributed by atoms with Gasteiger partial charge in [0.05, 0.1) is 0 Å². The van der Waals surface area contributed by atoms with Crippen LogP contribution < -0.4 is 5.32 Å². The summed E-state index contributed by atoms with van der Waals surface area (Å²) in [6, 6.07) is 6.12. The van der Waals surface area contributed by atoms with Crippen molar-refractivity contribution in [3.05, 3.63) is 35.7 Å². The number of hydrogen-bond donors (Lipinski definition) is 1. The maximum absolute atomic E-state index is 4.82. The summed E-state index contributed by atoms with van der Waals surface area (Å²) >= 11 is 0. The Bertz CT molecular complexity index is 618. The van der Waals surface area contributed by atoms with Gasteiger partial charge >= 0.3 is 0 Å². The molecule has 1 fully saturated rings. The fourth-order valence-corrected chi connectivity index (χ4v) is 2.99. The van der Waals surface area contributed by atoms with Gasteiger partial charge in [0.15, 0.2) is 5.82 Å². The van der Waals surface area contributed by atoms with Crippen LogP contribution in [0.5, 0.6) is 0 Å². The Morgan fingerprint density at radius 3 is 2.76 bits per heavy atom. The zero-order valence-corrected chi connectivity index (χ0v) is 12.8. The lowest BCUT2D eigenvalue weighted by molar-refractivity contribution is 0.695. The highest BCUT2D eigenvalue weighted by molar-refractivity contribution is 5.57. The fourth-order valence-electron chi connectivity index (χ4n) is 2.99. The number of pyridine rings is 1. The molecule has 21 heavy (non-hydrogen) atoms. The second-order valence-corrected chi connectivity index (χ2v) is 5.68. The number of rotatable bonds is 4. The summed E-state index contributed by atoms with van der Waals surface area (Å²) in [5, 5.41) is 3.32. The van der Waals surface area contributed by atoms with Crippen LogP contribution in [0.1, 0.15) is 49.8 Å². The molecule has 110 valence electrons. The number of nitrogens with zero attached hydrogens (tertiary/aromatic N) is 3. The number of aryl methyl sites for hydroxylation is 1. The Hall–Kier alpha value is -1.97. The van der Waals surface area contributed by atoms with E-state index in [0.29, 0.717) is 5.92 Å². The van der Waals surface area contributed by atoms with Crippen LogP contribution in [0.15, 0.2) is 24.4 Å². The van der Waals surface area contributed by atoms with Gasteiger partial charge in [-0.25, -0.2) is 9.97 Å². The van der Waals surface area contributed by atoms with E-state index in [1.165, 1.54) is 31.4 Å². The molecular weight excluding hydrogens is 260 g/mol. The largest absolute Gasteiger partial charge is 0.370 e. The Morgan fingerprint density at radius 2 is 2.05 bits per heavy atom. The molecule has 0 aliphatic heterocycles. The third-order valence-corrected chi connectivity index (χ3v) is 4.10. The number of nitrogens with one attached hydrogen (secondary N) is 1. The molecule has 1 N–H and O–H groups in total. The molecule has 4 heteroatoms. The number of hydrogen-bond acceptors (Lipinski definition) is 4. The van der Waals surface area contributed by atoms with Gasteiger partial charge in [0, 0.05) is 30.4 Å². The summed E-state index contributed by atoms with van der Waals surface area (Å²) in [4.78, 5) is 13.9. The lowest BCUT2D eigenvalue weighted by Gasteiger charge is -2.13. The second kappa shape index (κ2) is 6.20. The van der Waals surface area contributed by atoms with E-state index in [1.807, 2.05) is 6.07 Å². The average Bonchev–Trinajstić information content (AvgIpc) is 3.02. The fraction of sp³-hybridized carbons (Fsp3) is 0.471. The molecule has 0 amide bonds. The summed E-state index contributed by atoms with van der Waals surface area (Å²) in [6.45, 7) is 5.01. The highest BCUT2D eigenvalue weighted by Gasteiger charge is 2.20. The third kappa shape index (κ3) is 3.04. The van der Waals surface area contributed by atoms with Gasteiger partial charge in [-0.2, -0.15) is 0 Å². The van der Waals surface area contributed by atoms with E-state index in [-0.39, 0.29) is 0 Å². The first kappa shape index (κ1) is 14.0. The maximum atomic E-state index is 4.82. The van der Waals surface area contributed by atoms with Crippen molar-refractivity contribution >= 4 is 5.82 Å². The van der Waals surface area contributed by atoms with Gasteiger partial charge < -0.3 is 5.32 Å². The van der Waals surface area contributed by atoms with Crippen molar-refractivity contribution in [1.82, 2.24) is 15.0 Å². The Kier molecular flexibility index (Phi) is 4.13. The molecule has 4 nitrogen and oxygen atoms in total. The monoisotopic (exact) mass is 282 g/mol. The normalized spacial score (nSPS) is 15.3. The second-order valence-electron chi connectivity index (χ2n) is 5.68. The highest BCUT2D eigenvalue weighted by atomic mass is 15.0. The molecule has 0 spiro atoms. The summed E-state index contributed by atoms with van der Waals surface area (Å²) in [6.07, 6.45) is 6.90. The van der Waals surface area contributed by atoms with Crippen molar-refractivity contribution in [2.75, 3.05) is 11.9 Å². The Morgan fingerprint density at radius 1 is 1.24 bits per heavy atom. The molecule has 1 saturated carbocycles. The van der Waals surface area contributed by atoms with E-state index in [4.69, 9.17) is 4.98 Å². The van der Waals surface area contributed by atoms with Crippen LogP contribution in [0, 0.1) is 6.92 Å². The quantitative estimate of drug-likeness (QED) is 0.923. The zero-order valence-electron chi connectivity index (χ0n) is 12.8. The standard InChI is InChI=1S/C17H22N4/c1-3-18-15-11-14(13-8-4-5-9-13)20-17(21-15)16-12(2)7-6-10-19-16/h6-7,10-11,13H,3-5,8-9H2,1-2H3,(H,18,20,21). The first-order valence-corrected chi connectivity index (χ1v) is 7.82. The van der Waals surface area contributed by atoms with Crippen LogP contribution in [0.4, 0.5) is 5.82 Å². The van der Waals surface area contributed by atoms with Crippen LogP contribution in [-0.4, -0.2) is 21.5 Å². The van der Waals surface area contributed by atoms with E-state index in [9.17, 15) is 0 Å². The van der Waals surface area contributed by atoms with E-state index in [1.54, 1.807) is 6.20 Å². The molecule has 0 bridgehead atoms. The van der Waals surface area contributed by atoms with E-state index >= 15 is 0 Å². The highest BCUT2D eigenvalue weighted by Crippen LogP contribution is 2.34. The van der Waals surface area contributed by atoms with Gasteiger partial charge in [0.2, 0.25) is 0 Å². The molecule has 2 heterocycles. The molecule has 2 aromatic rings. The molecule has 0 atom stereocenters. The Balaban J connectivity index is 2.04. The van der Waals surface area contributed by atoms with E-state index in [2.05, 4.69) is 41.3 Å². The third-order valence-electron chi connectivity index (χ3n) is 4.10. The van der Waals surface area contributed by atoms with Crippen LogP contribution in [0.25, 0.3) is 11.5 Å². The van der Waals surface area contributed by atoms with Crippen LogP contribution >= 0.6 is 0 Å². The molecule has 1 aliphatic rings. The molecule has 0 radical (unpaired) electrons. The first-order chi connectivity index (χ1) is 10.3. The first-order valence-electron chi connectivity index (χ1n) is 7.82. The predicted molar refractivity (Wildman–Crippen MR) is 85.4 cm³/mol. The van der Waals surface area contributed by atoms with Gasteiger partial charge in [-0.05, 0) is 38.3 Å².